The van der Waals surface area contributed by atoms with Gasteiger partial charge in [0.15, 0.2) is 23.1 Å². The summed E-state index contributed by atoms with van der Waals surface area (Å²) in [6.45, 7) is 0.591. The molecule has 2 N–H and O–H groups in total. The van der Waals surface area contributed by atoms with Gasteiger partial charge in [0.1, 0.15) is 13.2 Å². The summed E-state index contributed by atoms with van der Waals surface area (Å²) in [5.41, 5.74) is 0.0436. The number of benzene rings is 1. The van der Waals surface area contributed by atoms with Crippen LogP contribution in [0, 0.1) is 5.82 Å². The number of aliphatic carboxylic acids is 1. The molecule has 1 aromatic rings. The number of hydrogen-bond donors (Lipinski definition) is 2. The lowest BCUT2D eigenvalue weighted by Gasteiger charge is -2.21. The number of carboxylic acid groups (broad SMARTS) is 1. The number of carbonyl (C=O) groups is 1. The Bertz CT molecular complexity index is 458. The fourth-order valence-electron chi connectivity index (χ4n) is 1.67. The monoisotopic (exact) mass is 242 g/mol. The Hall–Kier alpha value is -1.98. The molecule has 0 saturated carbocycles. The van der Waals surface area contributed by atoms with Crippen LogP contribution in [-0.2, 0) is 11.2 Å². The number of phenols is 1. The van der Waals surface area contributed by atoms with Crippen LogP contribution in [0.25, 0.3) is 0 Å². The van der Waals surface area contributed by atoms with E-state index >= 15 is 0 Å². The molecule has 92 valence electrons. The maximum absolute atomic E-state index is 13.7. The zero-order valence-electron chi connectivity index (χ0n) is 8.90. The topological polar surface area (TPSA) is 76.0 Å². The van der Waals surface area contributed by atoms with Crippen LogP contribution in [-0.4, -0.2) is 29.4 Å². The molecule has 1 aliphatic heterocycles. The molecule has 1 heterocycles. The lowest BCUT2D eigenvalue weighted by molar-refractivity contribution is -0.136. The Morgan fingerprint density at radius 3 is 2.82 bits per heavy atom. The summed E-state index contributed by atoms with van der Waals surface area (Å²) in [4.78, 5) is 10.5. The summed E-state index contributed by atoms with van der Waals surface area (Å²) < 4.78 is 24.1. The van der Waals surface area contributed by atoms with Gasteiger partial charge in [0.25, 0.3) is 0 Å². The molecule has 0 spiro atoms. The standard InChI is InChI=1S/C11H11FO5/c12-10-6(1-2-9(14)15)11-8(5-7(10)13)16-3-4-17-11/h5,13H,1-4H2,(H,14,15). The second kappa shape index (κ2) is 4.48. The number of carboxylic acids is 1. The van der Waals surface area contributed by atoms with E-state index < -0.39 is 17.5 Å². The van der Waals surface area contributed by atoms with Gasteiger partial charge in [0.2, 0.25) is 0 Å². The van der Waals surface area contributed by atoms with Gasteiger partial charge < -0.3 is 19.7 Å². The third-order valence-electron chi connectivity index (χ3n) is 2.43. The number of rotatable bonds is 3. The van der Waals surface area contributed by atoms with E-state index in [4.69, 9.17) is 14.6 Å². The normalized spacial score (nSPS) is 13.5. The van der Waals surface area contributed by atoms with Crippen LogP contribution in [0.1, 0.15) is 12.0 Å². The Morgan fingerprint density at radius 1 is 1.41 bits per heavy atom. The van der Waals surface area contributed by atoms with E-state index in [2.05, 4.69) is 0 Å². The molecule has 1 aromatic carbocycles. The van der Waals surface area contributed by atoms with E-state index in [0.717, 1.165) is 6.07 Å². The highest BCUT2D eigenvalue weighted by Crippen LogP contribution is 2.40. The summed E-state index contributed by atoms with van der Waals surface area (Å²) in [5, 5.41) is 17.9. The lowest BCUT2D eigenvalue weighted by Crippen LogP contribution is -2.17. The second-order valence-electron chi connectivity index (χ2n) is 3.61. The zero-order valence-corrected chi connectivity index (χ0v) is 8.90. The molecule has 0 amide bonds. The van der Waals surface area contributed by atoms with Crippen molar-refractivity contribution in [3.8, 4) is 17.2 Å². The predicted octanol–water partition coefficient (Wildman–Crippen LogP) is 1.32. The van der Waals surface area contributed by atoms with E-state index in [0.29, 0.717) is 6.61 Å². The number of fused-ring (bicyclic) bond motifs is 1. The minimum atomic E-state index is -1.04. The highest BCUT2D eigenvalue weighted by molar-refractivity contribution is 5.67. The zero-order chi connectivity index (χ0) is 12.4. The summed E-state index contributed by atoms with van der Waals surface area (Å²) >= 11 is 0. The maximum atomic E-state index is 13.7. The Morgan fingerprint density at radius 2 is 2.12 bits per heavy atom. The minimum Gasteiger partial charge on any atom is -0.505 e. The third kappa shape index (κ3) is 2.25. The molecule has 0 saturated heterocycles. The molecular weight excluding hydrogens is 231 g/mol. The molecule has 6 heteroatoms. The smallest absolute Gasteiger partial charge is 0.303 e. The average molecular weight is 242 g/mol. The van der Waals surface area contributed by atoms with Crippen molar-refractivity contribution in [2.45, 2.75) is 12.8 Å². The van der Waals surface area contributed by atoms with Crippen LogP contribution in [0.15, 0.2) is 6.07 Å². The first-order valence-electron chi connectivity index (χ1n) is 5.11. The SMILES string of the molecule is O=C(O)CCc1c(F)c(O)cc2c1OCCO2. The molecular formula is C11H11FO5. The molecule has 0 unspecified atom stereocenters. The third-order valence-corrected chi connectivity index (χ3v) is 2.43. The van der Waals surface area contributed by atoms with E-state index in [9.17, 15) is 14.3 Å². The van der Waals surface area contributed by atoms with Gasteiger partial charge in [-0.1, -0.05) is 0 Å². The molecule has 0 fully saturated rings. The average Bonchev–Trinajstić information content (AvgIpc) is 2.29. The molecule has 0 aromatic heterocycles. The summed E-state index contributed by atoms with van der Waals surface area (Å²) in [6, 6.07) is 1.13. The number of halogens is 1. The van der Waals surface area contributed by atoms with Crippen molar-refractivity contribution in [2.75, 3.05) is 13.2 Å². The second-order valence-corrected chi connectivity index (χ2v) is 3.61. The van der Waals surface area contributed by atoms with Gasteiger partial charge >= 0.3 is 5.97 Å². The largest absolute Gasteiger partial charge is 0.505 e. The van der Waals surface area contributed by atoms with Gasteiger partial charge in [0.05, 0.1) is 0 Å². The van der Waals surface area contributed by atoms with E-state index in [1.165, 1.54) is 0 Å². The minimum absolute atomic E-state index is 0.0436. The van der Waals surface area contributed by atoms with Gasteiger partial charge in [-0.15, -0.1) is 0 Å². The molecule has 1 aliphatic rings. The number of ether oxygens (including phenoxy) is 2. The fourth-order valence-corrected chi connectivity index (χ4v) is 1.67. The van der Waals surface area contributed by atoms with E-state index in [1.807, 2.05) is 0 Å². The Balaban J connectivity index is 2.39. The predicted molar refractivity (Wildman–Crippen MR) is 55.0 cm³/mol. The van der Waals surface area contributed by atoms with Crippen LogP contribution in [0.5, 0.6) is 17.2 Å². The number of hydrogen-bond acceptors (Lipinski definition) is 4. The molecule has 0 atom stereocenters. The van der Waals surface area contributed by atoms with Crippen LogP contribution in [0.2, 0.25) is 0 Å². The molecule has 0 bridgehead atoms. The van der Waals surface area contributed by atoms with Crippen molar-refractivity contribution < 1.29 is 28.9 Å². The molecule has 0 radical (unpaired) electrons. The van der Waals surface area contributed by atoms with Crippen LogP contribution in [0.4, 0.5) is 4.39 Å². The van der Waals surface area contributed by atoms with Crippen molar-refractivity contribution in [2.24, 2.45) is 0 Å². The summed E-state index contributed by atoms with van der Waals surface area (Å²) in [7, 11) is 0. The van der Waals surface area contributed by atoms with Crippen molar-refractivity contribution in [1.82, 2.24) is 0 Å². The van der Waals surface area contributed by atoms with Crippen molar-refractivity contribution >= 4 is 5.97 Å². The van der Waals surface area contributed by atoms with Gasteiger partial charge in [-0.05, 0) is 6.42 Å². The Labute approximate surface area is 96.4 Å². The van der Waals surface area contributed by atoms with Gasteiger partial charge in [-0.3, -0.25) is 4.79 Å². The van der Waals surface area contributed by atoms with E-state index in [-0.39, 0.29) is 36.5 Å². The first-order chi connectivity index (χ1) is 8.09. The van der Waals surface area contributed by atoms with E-state index in [1.54, 1.807) is 0 Å². The van der Waals surface area contributed by atoms with Gasteiger partial charge in [-0.2, -0.15) is 0 Å². The van der Waals surface area contributed by atoms with Gasteiger partial charge in [-0.25, -0.2) is 4.39 Å². The van der Waals surface area contributed by atoms with Crippen LogP contribution in [0.3, 0.4) is 0 Å². The van der Waals surface area contributed by atoms with Crippen LogP contribution < -0.4 is 9.47 Å². The Kier molecular flexibility index (Phi) is 3.03. The quantitative estimate of drug-likeness (QED) is 0.836. The first-order valence-corrected chi connectivity index (χ1v) is 5.11. The van der Waals surface area contributed by atoms with Crippen molar-refractivity contribution in [1.29, 1.82) is 0 Å². The van der Waals surface area contributed by atoms with Gasteiger partial charge in [0, 0.05) is 18.1 Å². The molecule has 17 heavy (non-hydrogen) atoms. The summed E-state index contributed by atoms with van der Waals surface area (Å²) in [6.07, 6.45) is -0.294. The molecule has 2 rings (SSSR count). The van der Waals surface area contributed by atoms with Crippen molar-refractivity contribution in [3.05, 3.63) is 17.4 Å². The highest BCUT2D eigenvalue weighted by atomic mass is 19.1. The van der Waals surface area contributed by atoms with Crippen molar-refractivity contribution in [3.63, 3.8) is 0 Å². The first kappa shape index (κ1) is 11.5. The maximum Gasteiger partial charge on any atom is 0.303 e. The fraction of sp³-hybridized carbons (Fsp3) is 0.364. The number of phenolic OH excluding ortho intramolecular Hbond substituents is 1. The highest BCUT2D eigenvalue weighted by Gasteiger charge is 2.23. The summed E-state index contributed by atoms with van der Waals surface area (Å²) in [5.74, 6) is -2.02. The molecule has 0 aliphatic carbocycles. The lowest BCUT2D eigenvalue weighted by atomic mass is 10.1. The number of aromatic hydroxyl groups is 1. The van der Waals surface area contributed by atoms with Crippen LogP contribution >= 0.6 is 0 Å². The molecule has 5 nitrogen and oxygen atoms in total.